The van der Waals surface area contributed by atoms with Crippen LogP contribution in [0, 0.1) is 0 Å². The van der Waals surface area contributed by atoms with Crippen LogP contribution in [0.4, 0.5) is 0 Å². The second kappa shape index (κ2) is 5.46. The van der Waals surface area contributed by atoms with Crippen molar-refractivity contribution in [1.29, 1.82) is 0 Å². The minimum atomic E-state index is 0.170. The van der Waals surface area contributed by atoms with E-state index in [4.69, 9.17) is 5.73 Å². The van der Waals surface area contributed by atoms with Crippen molar-refractivity contribution in [3.8, 4) is 0 Å². The van der Waals surface area contributed by atoms with E-state index in [-0.39, 0.29) is 6.04 Å². The molecule has 1 saturated heterocycles. The van der Waals surface area contributed by atoms with Crippen molar-refractivity contribution in [1.82, 2.24) is 4.90 Å². The molecule has 1 fully saturated rings. The van der Waals surface area contributed by atoms with Crippen molar-refractivity contribution in [2.45, 2.75) is 32.2 Å². The molecule has 2 rings (SSSR count). The highest BCUT2D eigenvalue weighted by Crippen LogP contribution is 2.16. The van der Waals surface area contributed by atoms with Crippen LogP contribution < -0.4 is 5.73 Å². The van der Waals surface area contributed by atoms with Gasteiger partial charge in [-0.15, -0.1) is 0 Å². The smallest absolute Gasteiger partial charge is 0.0424 e. The Hall–Kier alpha value is -0.860. The Morgan fingerprint density at radius 2 is 1.81 bits per heavy atom. The lowest BCUT2D eigenvalue weighted by molar-refractivity contribution is 0.316. The average Bonchev–Trinajstić information content (AvgIpc) is 2.82. The molecule has 0 radical (unpaired) electrons. The Labute approximate surface area is 98.4 Å². The van der Waals surface area contributed by atoms with Gasteiger partial charge in [0.25, 0.3) is 0 Å². The highest BCUT2D eigenvalue weighted by atomic mass is 15.1. The standard InChI is InChI=1S/C14H22N2/c1-2-12-5-7-13(8-6-12)14(15)11-16-9-3-4-10-16/h5-8,14H,2-4,9-11,15H2,1H3. The molecule has 2 nitrogen and oxygen atoms in total. The van der Waals surface area contributed by atoms with Crippen LogP contribution in [-0.4, -0.2) is 24.5 Å². The summed E-state index contributed by atoms with van der Waals surface area (Å²) in [7, 11) is 0. The minimum Gasteiger partial charge on any atom is -0.323 e. The van der Waals surface area contributed by atoms with Gasteiger partial charge >= 0.3 is 0 Å². The lowest BCUT2D eigenvalue weighted by Crippen LogP contribution is -2.29. The van der Waals surface area contributed by atoms with E-state index in [1.165, 1.54) is 37.1 Å². The van der Waals surface area contributed by atoms with Crippen LogP contribution in [0.1, 0.15) is 36.9 Å². The highest BCUT2D eigenvalue weighted by Gasteiger charge is 2.15. The van der Waals surface area contributed by atoms with Crippen molar-refractivity contribution < 1.29 is 0 Å². The van der Waals surface area contributed by atoms with Gasteiger partial charge in [-0.3, -0.25) is 0 Å². The number of hydrogen-bond acceptors (Lipinski definition) is 2. The molecule has 2 heteroatoms. The molecule has 0 aliphatic carbocycles. The van der Waals surface area contributed by atoms with E-state index in [0.717, 1.165) is 13.0 Å². The molecule has 1 aromatic rings. The van der Waals surface area contributed by atoms with Crippen molar-refractivity contribution >= 4 is 0 Å². The van der Waals surface area contributed by atoms with Crippen LogP contribution in [-0.2, 0) is 6.42 Å². The zero-order valence-corrected chi connectivity index (χ0v) is 10.2. The predicted molar refractivity (Wildman–Crippen MR) is 68.4 cm³/mol. The van der Waals surface area contributed by atoms with E-state index < -0.39 is 0 Å². The van der Waals surface area contributed by atoms with E-state index in [1.54, 1.807) is 0 Å². The summed E-state index contributed by atoms with van der Waals surface area (Å²) in [4.78, 5) is 2.47. The number of likely N-dealkylation sites (tertiary alicyclic amines) is 1. The zero-order valence-electron chi connectivity index (χ0n) is 10.2. The SMILES string of the molecule is CCc1ccc(C(N)CN2CCCC2)cc1. The molecule has 0 aromatic heterocycles. The molecule has 1 aliphatic rings. The van der Waals surface area contributed by atoms with Crippen molar-refractivity contribution in [2.24, 2.45) is 5.73 Å². The molecule has 1 aliphatic heterocycles. The summed E-state index contributed by atoms with van der Waals surface area (Å²) in [5.74, 6) is 0. The van der Waals surface area contributed by atoms with Gasteiger partial charge in [-0.2, -0.15) is 0 Å². The van der Waals surface area contributed by atoms with E-state index >= 15 is 0 Å². The number of benzene rings is 1. The highest BCUT2D eigenvalue weighted by molar-refractivity contribution is 5.25. The number of rotatable bonds is 4. The third-order valence-electron chi connectivity index (χ3n) is 3.47. The van der Waals surface area contributed by atoms with Crippen LogP contribution >= 0.6 is 0 Å². The summed E-state index contributed by atoms with van der Waals surface area (Å²) < 4.78 is 0. The van der Waals surface area contributed by atoms with Crippen LogP contribution in [0.3, 0.4) is 0 Å². The maximum absolute atomic E-state index is 6.22. The molecule has 16 heavy (non-hydrogen) atoms. The fourth-order valence-electron chi connectivity index (χ4n) is 2.35. The average molecular weight is 218 g/mol. The zero-order chi connectivity index (χ0) is 11.4. The molecule has 0 spiro atoms. The molecular weight excluding hydrogens is 196 g/mol. The third kappa shape index (κ3) is 2.83. The Morgan fingerprint density at radius 1 is 1.19 bits per heavy atom. The number of nitrogens with two attached hydrogens (primary N) is 1. The lowest BCUT2D eigenvalue weighted by atomic mass is 10.0. The molecular formula is C14H22N2. The first kappa shape index (κ1) is 11.6. The van der Waals surface area contributed by atoms with Gasteiger partial charge in [0.1, 0.15) is 0 Å². The summed E-state index contributed by atoms with van der Waals surface area (Å²) in [6.07, 6.45) is 3.77. The molecule has 0 bridgehead atoms. The van der Waals surface area contributed by atoms with Crippen molar-refractivity contribution in [3.05, 3.63) is 35.4 Å². The fourth-order valence-corrected chi connectivity index (χ4v) is 2.35. The van der Waals surface area contributed by atoms with Gasteiger partial charge in [-0.05, 0) is 43.5 Å². The largest absolute Gasteiger partial charge is 0.323 e. The van der Waals surface area contributed by atoms with Gasteiger partial charge in [0.15, 0.2) is 0 Å². The molecule has 1 heterocycles. The molecule has 1 atom stereocenters. The normalized spacial score (nSPS) is 18.9. The second-order valence-electron chi connectivity index (χ2n) is 4.71. The monoisotopic (exact) mass is 218 g/mol. The van der Waals surface area contributed by atoms with Crippen LogP contribution in [0.2, 0.25) is 0 Å². The van der Waals surface area contributed by atoms with E-state index in [0.29, 0.717) is 0 Å². The molecule has 0 saturated carbocycles. The summed E-state index contributed by atoms with van der Waals surface area (Å²) in [6, 6.07) is 8.92. The Morgan fingerprint density at radius 3 is 2.38 bits per heavy atom. The summed E-state index contributed by atoms with van der Waals surface area (Å²) in [5, 5.41) is 0. The first-order valence-corrected chi connectivity index (χ1v) is 6.36. The summed E-state index contributed by atoms with van der Waals surface area (Å²) in [5.41, 5.74) is 8.88. The topological polar surface area (TPSA) is 29.3 Å². The summed E-state index contributed by atoms with van der Waals surface area (Å²) >= 11 is 0. The molecule has 2 N–H and O–H groups in total. The molecule has 88 valence electrons. The van der Waals surface area contributed by atoms with Crippen LogP contribution in [0.15, 0.2) is 24.3 Å². The Bertz CT molecular complexity index is 312. The number of hydrogen-bond donors (Lipinski definition) is 1. The fraction of sp³-hybridized carbons (Fsp3) is 0.571. The number of aryl methyl sites for hydroxylation is 1. The van der Waals surface area contributed by atoms with E-state index in [9.17, 15) is 0 Å². The van der Waals surface area contributed by atoms with Crippen molar-refractivity contribution in [2.75, 3.05) is 19.6 Å². The number of nitrogens with zero attached hydrogens (tertiary/aromatic N) is 1. The Kier molecular flexibility index (Phi) is 3.97. The van der Waals surface area contributed by atoms with Crippen molar-refractivity contribution in [3.63, 3.8) is 0 Å². The van der Waals surface area contributed by atoms with Crippen LogP contribution in [0.5, 0.6) is 0 Å². The third-order valence-corrected chi connectivity index (χ3v) is 3.47. The minimum absolute atomic E-state index is 0.170. The van der Waals surface area contributed by atoms with Crippen LogP contribution in [0.25, 0.3) is 0 Å². The first-order chi connectivity index (χ1) is 7.79. The lowest BCUT2D eigenvalue weighted by Gasteiger charge is -2.20. The van der Waals surface area contributed by atoms with Gasteiger partial charge in [0, 0.05) is 12.6 Å². The Balaban J connectivity index is 1.94. The molecule has 1 unspecified atom stereocenters. The van der Waals surface area contributed by atoms with Gasteiger partial charge in [-0.25, -0.2) is 0 Å². The van der Waals surface area contributed by atoms with Gasteiger partial charge in [0.2, 0.25) is 0 Å². The van der Waals surface area contributed by atoms with Gasteiger partial charge < -0.3 is 10.6 Å². The van der Waals surface area contributed by atoms with Gasteiger partial charge in [-0.1, -0.05) is 31.2 Å². The maximum Gasteiger partial charge on any atom is 0.0424 e. The quantitative estimate of drug-likeness (QED) is 0.840. The molecule has 1 aromatic carbocycles. The van der Waals surface area contributed by atoms with Gasteiger partial charge in [0.05, 0.1) is 0 Å². The van der Waals surface area contributed by atoms with E-state index in [2.05, 4.69) is 36.1 Å². The summed E-state index contributed by atoms with van der Waals surface area (Å²) in [6.45, 7) is 5.63. The maximum atomic E-state index is 6.22. The molecule has 0 amide bonds. The first-order valence-electron chi connectivity index (χ1n) is 6.36. The van der Waals surface area contributed by atoms with E-state index in [1.807, 2.05) is 0 Å². The predicted octanol–water partition coefficient (Wildman–Crippen LogP) is 2.34. The second-order valence-corrected chi connectivity index (χ2v) is 4.71.